The molecule has 1 fully saturated rings. The van der Waals surface area contributed by atoms with E-state index in [9.17, 15) is 14.4 Å². The monoisotopic (exact) mass is 363 g/mol. The summed E-state index contributed by atoms with van der Waals surface area (Å²) in [7, 11) is 0. The van der Waals surface area contributed by atoms with Crippen LogP contribution in [0.15, 0.2) is 24.3 Å². The molecule has 0 radical (unpaired) electrons. The van der Waals surface area contributed by atoms with Gasteiger partial charge >= 0.3 is 5.97 Å². The molecule has 2 unspecified atom stereocenters. The Labute approximate surface area is 152 Å². The molecule has 1 aromatic carbocycles. The van der Waals surface area contributed by atoms with E-state index in [4.69, 9.17) is 9.47 Å². The van der Waals surface area contributed by atoms with Crippen molar-refractivity contribution in [3.8, 4) is 0 Å². The van der Waals surface area contributed by atoms with Gasteiger partial charge in [0.05, 0.1) is 19.8 Å². The van der Waals surface area contributed by atoms with Crippen molar-refractivity contribution >= 4 is 23.5 Å². The first-order chi connectivity index (χ1) is 12.5. The summed E-state index contributed by atoms with van der Waals surface area (Å²) in [4.78, 5) is 35.7. The van der Waals surface area contributed by atoms with E-state index in [-0.39, 0.29) is 24.5 Å². The maximum absolute atomic E-state index is 12.1. The quantitative estimate of drug-likeness (QED) is 0.616. The number of nitrogens with one attached hydrogen (secondary N) is 3. The standard InChI is InChI=1S/C18H25N3O5/c1-3-26-18(24)12(2)20-17(23)13-4-6-14(7-5-13)21-16(22)10-15-11-25-9-8-19-15/h4-7,12,15,19H,3,8-11H2,1-2H3,(H,20,23)(H,21,22). The van der Waals surface area contributed by atoms with Gasteiger partial charge in [0.1, 0.15) is 6.04 Å². The fraction of sp³-hybridized carbons (Fsp3) is 0.500. The fourth-order valence-electron chi connectivity index (χ4n) is 2.50. The molecule has 1 heterocycles. The van der Waals surface area contributed by atoms with E-state index in [0.29, 0.717) is 30.9 Å². The van der Waals surface area contributed by atoms with Gasteiger partial charge in [-0.3, -0.25) is 9.59 Å². The van der Waals surface area contributed by atoms with Crippen LogP contribution in [0.5, 0.6) is 0 Å². The first-order valence-corrected chi connectivity index (χ1v) is 8.68. The summed E-state index contributed by atoms with van der Waals surface area (Å²) < 4.78 is 10.2. The van der Waals surface area contributed by atoms with Gasteiger partial charge in [-0.15, -0.1) is 0 Å². The first kappa shape index (κ1) is 19.9. The van der Waals surface area contributed by atoms with Crippen molar-refractivity contribution in [2.24, 2.45) is 0 Å². The van der Waals surface area contributed by atoms with E-state index in [2.05, 4.69) is 16.0 Å². The lowest BCUT2D eigenvalue weighted by Crippen LogP contribution is -2.43. The fourth-order valence-corrected chi connectivity index (χ4v) is 2.50. The molecule has 2 rings (SSSR count). The summed E-state index contributed by atoms with van der Waals surface area (Å²) in [5, 5.41) is 8.58. The minimum absolute atomic E-state index is 0.0122. The van der Waals surface area contributed by atoms with Crippen molar-refractivity contribution < 1.29 is 23.9 Å². The van der Waals surface area contributed by atoms with E-state index >= 15 is 0 Å². The summed E-state index contributed by atoms with van der Waals surface area (Å²) in [6.07, 6.45) is 0.319. The van der Waals surface area contributed by atoms with E-state index in [1.165, 1.54) is 0 Å². The summed E-state index contributed by atoms with van der Waals surface area (Å²) in [6.45, 7) is 5.45. The van der Waals surface area contributed by atoms with Gasteiger partial charge in [-0.05, 0) is 38.1 Å². The van der Waals surface area contributed by atoms with Gasteiger partial charge in [0.25, 0.3) is 5.91 Å². The minimum atomic E-state index is -0.730. The van der Waals surface area contributed by atoms with Crippen LogP contribution in [-0.2, 0) is 19.1 Å². The second-order valence-electron chi connectivity index (χ2n) is 6.00. The third-order valence-electron chi connectivity index (χ3n) is 3.85. The van der Waals surface area contributed by atoms with Gasteiger partial charge in [-0.1, -0.05) is 0 Å². The van der Waals surface area contributed by atoms with Crippen molar-refractivity contribution in [3.05, 3.63) is 29.8 Å². The molecule has 1 aromatic rings. The Hall–Kier alpha value is -2.45. The molecule has 8 nitrogen and oxygen atoms in total. The lowest BCUT2D eigenvalue weighted by Gasteiger charge is -2.23. The third-order valence-corrected chi connectivity index (χ3v) is 3.85. The molecule has 2 atom stereocenters. The maximum atomic E-state index is 12.1. The van der Waals surface area contributed by atoms with E-state index in [1.807, 2.05) is 0 Å². The molecule has 2 amide bonds. The maximum Gasteiger partial charge on any atom is 0.328 e. The molecule has 0 aromatic heterocycles. The molecule has 142 valence electrons. The molecule has 0 saturated carbocycles. The van der Waals surface area contributed by atoms with Gasteiger partial charge < -0.3 is 25.4 Å². The molecular formula is C18H25N3O5. The van der Waals surface area contributed by atoms with Crippen molar-refractivity contribution in [2.45, 2.75) is 32.4 Å². The number of amides is 2. The van der Waals surface area contributed by atoms with Crippen LogP contribution >= 0.6 is 0 Å². The van der Waals surface area contributed by atoms with Crippen LogP contribution in [-0.4, -0.2) is 56.2 Å². The molecule has 26 heavy (non-hydrogen) atoms. The lowest BCUT2D eigenvalue weighted by atomic mass is 10.1. The number of benzene rings is 1. The number of ether oxygens (including phenoxy) is 2. The Morgan fingerprint density at radius 2 is 2.04 bits per heavy atom. The molecule has 0 bridgehead atoms. The summed E-state index contributed by atoms with van der Waals surface area (Å²) in [5.74, 6) is -0.988. The van der Waals surface area contributed by atoms with Crippen LogP contribution < -0.4 is 16.0 Å². The zero-order valence-electron chi connectivity index (χ0n) is 15.0. The van der Waals surface area contributed by atoms with Gasteiger partial charge in [0.2, 0.25) is 5.91 Å². The lowest BCUT2D eigenvalue weighted by molar-refractivity contribution is -0.144. The number of hydrogen-bond acceptors (Lipinski definition) is 6. The first-order valence-electron chi connectivity index (χ1n) is 8.68. The molecule has 1 aliphatic rings. The smallest absolute Gasteiger partial charge is 0.328 e. The van der Waals surface area contributed by atoms with Crippen molar-refractivity contribution in [2.75, 3.05) is 31.7 Å². The number of anilines is 1. The van der Waals surface area contributed by atoms with Crippen LogP contribution in [0.3, 0.4) is 0 Å². The topological polar surface area (TPSA) is 106 Å². The summed E-state index contributed by atoms with van der Waals surface area (Å²) in [5.41, 5.74) is 0.989. The highest BCUT2D eigenvalue weighted by atomic mass is 16.5. The van der Waals surface area contributed by atoms with Gasteiger partial charge in [-0.25, -0.2) is 4.79 Å². The largest absolute Gasteiger partial charge is 0.464 e. The summed E-state index contributed by atoms with van der Waals surface area (Å²) >= 11 is 0. The van der Waals surface area contributed by atoms with Gasteiger partial charge in [-0.2, -0.15) is 0 Å². The Morgan fingerprint density at radius 3 is 2.65 bits per heavy atom. The normalized spacial score (nSPS) is 17.8. The average molecular weight is 363 g/mol. The molecule has 1 saturated heterocycles. The zero-order valence-corrected chi connectivity index (χ0v) is 15.0. The molecule has 3 N–H and O–H groups in total. The van der Waals surface area contributed by atoms with Gasteiger partial charge in [0.15, 0.2) is 0 Å². The zero-order chi connectivity index (χ0) is 18.9. The molecule has 0 aliphatic carbocycles. The van der Waals surface area contributed by atoms with E-state index < -0.39 is 12.0 Å². The number of rotatable bonds is 7. The van der Waals surface area contributed by atoms with Crippen LogP contribution in [0, 0.1) is 0 Å². The van der Waals surface area contributed by atoms with Crippen LogP contribution in [0.1, 0.15) is 30.6 Å². The number of morpholine rings is 1. The highest BCUT2D eigenvalue weighted by Gasteiger charge is 2.18. The number of carbonyl (C=O) groups is 3. The van der Waals surface area contributed by atoms with Crippen LogP contribution in [0.25, 0.3) is 0 Å². The number of hydrogen-bond donors (Lipinski definition) is 3. The average Bonchev–Trinajstić information content (AvgIpc) is 2.63. The van der Waals surface area contributed by atoms with Crippen molar-refractivity contribution in [1.29, 1.82) is 0 Å². The van der Waals surface area contributed by atoms with Crippen molar-refractivity contribution in [1.82, 2.24) is 10.6 Å². The second kappa shape index (κ2) is 9.88. The molecular weight excluding hydrogens is 338 g/mol. The highest BCUT2D eigenvalue weighted by Crippen LogP contribution is 2.11. The Kier molecular flexibility index (Phi) is 7.55. The highest BCUT2D eigenvalue weighted by molar-refractivity contribution is 5.97. The van der Waals surface area contributed by atoms with Crippen LogP contribution in [0.2, 0.25) is 0 Å². The Bertz CT molecular complexity index is 626. The molecule has 8 heteroatoms. The Balaban J connectivity index is 1.83. The van der Waals surface area contributed by atoms with Crippen LogP contribution in [0.4, 0.5) is 5.69 Å². The molecule has 0 spiro atoms. The van der Waals surface area contributed by atoms with E-state index in [0.717, 1.165) is 6.54 Å². The minimum Gasteiger partial charge on any atom is -0.464 e. The predicted molar refractivity (Wildman–Crippen MR) is 95.9 cm³/mol. The molecule has 1 aliphatic heterocycles. The predicted octanol–water partition coefficient (Wildman–Crippen LogP) is 0.685. The summed E-state index contributed by atoms with van der Waals surface area (Å²) in [6, 6.07) is 5.75. The Morgan fingerprint density at radius 1 is 1.31 bits per heavy atom. The number of carbonyl (C=O) groups excluding carboxylic acids is 3. The van der Waals surface area contributed by atoms with E-state index in [1.54, 1.807) is 38.1 Å². The van der Waals surface area contributed by atoms with Gasteiger partial charge in [0, 0.05) is 30.3 Å². The SMILES string of the molecule is CCOC(=O)C(C)NC(=O)c1ccc(NC(=O)CC2COCCN2)cc1. The van der Waals surface area contributed by atoms with Crippen molar-refractivity contribution in [3.63, 3.8) is 0 Å². The third kappa shape index (κ3) is 6.12. The second-order valence-corrected chi connectivity index (χ2v) is 6.00. The number of esters is 1.